The Morgan fingerprint density at radius 1 is 0.681 bits per heavy atom. The number of likely N-dealkylation sites (N-methyl/N-ethyl adjacent to an activating group) is 2. The van der Waals surface area contributed by atoms with Gasteiger partial charge in [0.2, 0.25) is 0 Å². The van der Waals surface area contributed by atoms with Crippen LogP contribution in [0.4, 0.5) is 9.59 Å². The molecule has 4 aliphatic rings. The van der Waals surface area contributed by atoms with Crippen LogP contribution in [-0.2, 0) is 43.0 Å². The van der Waals surface area contributed by atoms with Crippen LogP contribution in [0.5, 0.6) is 0 Å². The lowest BCUT2D eigenvalue weighted by atomic mass is 9.77. The third-order valence-electron chi connectivity index (χ3n) is 5.46. The Morgan fingerprint density at radius 2 is 1.02 bits per heavy atom. The fourth-order valence-corrected chi connectivity index (χ4v) is 3.79. The zero-order valence-electron chi connectivity index (χ0n) is 27.8. The molecule has 5 N–H and O–H groups in total. The van der Waals surface area contributed by atoms with Crippen molar-refractivity contribution in [2.24, 2.45) is 16.9 Å². The maximum Gasteiger partial charge on any atom is 0.404 e. The van der Waals surface area contributed by atoms with Crippen molar-refractivity contribution in [1.29, 1.82) is 0 Å². The maximum absolute atomic E-state index is 11.0. The minimum Gasteiger partial charge on any atom is -0.450 e. The van der Waals surface area contributed by atoms with Crippen LogP contribution in [-0.4, -0.2) is 89.5 Å². The lowest BCUT2D eigenvalue weighted by Crippen LogP contribution is -2.29. The predicted molar refractivity (Wildman–Crippen MR) is 170 cm³/mol. The number of ketones is 1. The van der Waals surface area contributed by atoms with Gasteiger partial charge in [0, 0.05) is 56.0 Å². The Labute approximate surface area is 273 Å². The van der Waals surface area contributed by atoms with Crippen molar-refractivity contribution < 1.29 is 52.6 Å². The molecule has 0 aromatic carbocycles. The van der Waals surface area contributed by atoms with Gasteiger partial charge in [0.15, 0.2) is 5.78 Å². The summed E-state index contributed by atoms with van der Waals surface area (Å²) in [5, 5.41) is 2.03. The molecule has 4 rings (SSSR count). The molecular weight excluding hydrogens is 618 g/mol. The average Bonchev–Trinajstić information content (AvgIpc) is 3.60. The molecule has 0 aromatic rings. The summed E-state index contributed by atoms with van der Waals surface area (Å²) in [6, 6.07) is 0. The molecule has 3 aliphatic heterocycles. The van der Waals surface area contributed by atoms with Gasteiger partial charge in [-0.1, -0.05) is 19.4 Å². The van der Waals surface area contributed by atoms with E-state index in [2.05, 4.69) is 34.8 Å². The van der Waals surface area contributed by atoms with Crippen LogP contribution < -0.4 is 16.8 Å². The topological polar surface area (TPSA) is 243 Å². The number of primary amides is 2. The van der Waals surface area contributed by atoms with E-state index in [1.54, 1.807) is 33.8 Å². The molecule has 3 heterocycles. The Balaban J connectivity index is 0. The molecule has 260 valence electrons. The summed E-state index contributed by atoms with van der Waals surface area (Å²) in [6.07, 6.45) is 9.66. The Kier molecular flexibility index (Phi) is 21.4. The molecule has 1 aliphatic carbocycles. The average molecular weight is 664 g/mol. The second-order valence-electron chi connectivity index (χ2n) is 10.2. The lowest BCUT2D eigenvalue weighted by Gasteiger charge is -2.27. The van der Waals surface area contributed by atoms with Crippen LogP contribution in [0.3, 0.4) is 0 Å². The van der Waals surface area contributed by atoms with Crippen molar-refractivity contribution in [3.63, 3.8) is 0 Å². The van der Waals surface area contributed by atoms with Crippen LogP contribution in [0, 0.1) is 5.41 Å². The van der Waals surface area contributed by atoms with E-state index in [9.17, 15) is 43.2 Å². The van der Waals surface area contributed by atoms with Gasteiger partial charge in [0.25, 0.3) is 35.4 Å². The van der Waals surface area contributed by atoms with Crippen molar-refractivity contribution in [3.8, 4) is 0 Å². The Bertz CT molecular complexity index is 1190. The smallest absolute Gasteiger partial charge is 0.404 e. The van der Waals surface area contributed by atoms with Crippen LogP contribution in [0.1, 0.15) is 61.3 Å². The monoisotopic (exact) mass is 663 g/mol. The van der Waals surface area contributed by atoms with Crippen molar-refractivity contribution in [1.82, 2.24) is 15.1 Å². The zero-order valence-corrected chi connectivity index (χ0v) is 27.8. The molecule has 0 bridgehead atoms. The summed E-state index contributed by atoms with van der Waals surface area (Å²) in [6.45, 7) is 14.9. The van der Waals surface area contributed by atoms with E-state index in [0.717, 1.165) is 6.42 Å². The van der Waals surface area contributed by atoms with Crippen molar-refractivity contribution in [3.05, 3.63) is 48.1 Å². The predicted octanol–water partition coefficient (Wildman–Crippen LogP) is 1.59. The minimum atomic E-state index is -0.711. The zero-order chi connectivity index (χ0) is 36.7. The molecule has 0 fully saturated rings. The van der Waals surface area contributed by atoms with E-state index >= 15 is 0 Å². The van der Waals surface area contributed by atoms with E-state index in [1.165, 1.54) is 51.8 Å². The number of nitrogens with one attached hydrogen (secondary N) is 1. The number of hydrogen-bond donors (Lipinski definition) is 3. The van der Waals surface area contributed by atoms with Gasteiger partial charge in [-0.2, -0.15) is 0 Å². The third-order valence-corrected chi connectivity index (χ3v) is 5.46. The molecule has 0 unspecified atom stereocenters. The number of nitrogens with zero attached hydrogens (tertiary/aromatic N) is 2. The van der Waals surface area contributed by atoms with Gasteiger partial charge in [-0.15, -0.1) is 0 Å². The highest BCUT2D eigenvalue weighted by Crippen LogP contribution is 2.32. The summed E-state index contributed by atoms with van der Waals surface area (Å²) in [7, 11) is 0. The van der Waals surface area contributed by atoms with Crippen molar-refractivity contribution in [2.75, 3.05) is 26.3 Å². The largest absolute Gasteiger partial charge is 0.450 e. The van der Waals surface area contributed by atoms with E-state index in [-0.39, 0.29) is 46.6 Å². The SMILES string of the molecule is CC1=CC(=O)CC(C)(C)C1.CCN1C(=O)C=CC1=O.CCN1C(=O)C=CC1=O.CCOC(N)=O.CCOC(N)=O.O=C1C=CC(=O)N1. The van der Waals surface area contributed by atoms with Gasteiger partial charge in [0.1, 0.15) is 0 Å². The molecule has 47 heavy (non-hydrogen) atoms. The summed E-state index contributed by atoms with van der Waals surface area (Å²) in [5.74, 6) is -1.20. The van der Waals surface area contributed by atoms with Crippen LogP contribution in [0.25, 0.3) is 0 Å². The number of carbonyl (C=O) groups is 9. The van der Waals surface area contributed by atoms with E-state index in [4.69, 9.17) is 0 Å². The van der Waals surface area contributed by atoms with Gasteiger partial charge < -0.3 is 20.9 Å². The number of rotatable bonds is 4. The van der Waals surface area contributed by atoms with Crippen molar-refractivity contribution in [2.45, 2.75) is 61.3 Å². The molecule has 16 nitrogen and oxygen atoms in total. The number of imide groups is 3. The molecule has 8 amide bonds. The van der Waals surface area contributed by atoms with E-state index in [0.29, 0.717) is 32.7 Å². The highest BCUT2D eigenvalue weighted by Gasteiger charge is 2.25. The lowest BCUT2D eigenvalue weighted by molar-refractivity contribution is -0.138. The number of ether oxygens (including phenoxy) is 2. The first-order valence-electron chi connectivity index (χ1n) is 14.5. The van der Waals surface area contributed by atoms with Gasteiger partial charge in [0.05, 0.1) is 13.2 Å². The number of nitrogens with two attached hydrogens (primary N) is 2. The number of allylic oxidation sites excluding steroid dienone is 2. The molecule has 0 atom stereocenters. The van der Waals surface area contributed by atoms with Crippen LogP contribution in [0.2, 0.25) is 0 Å². The fraction of sp³-hybridized carbons (Fsp3) is 0.452. The molecule has 0 radical (unpaired) electrons. The highest BCUT2D eigenvalue weighted by molar-refractivity contribution is 6.13. The standard InChI is InChI=1S/C9H14O.2C6H7NO2.C4H3NO2.2C3H7NO2/c1-7-4-8(10)6-9(2,3)5-7;2*1-2-7-5(8)3-4-6(7)9;6-3-1-2-4(7)5-3;2*1-2-6-3(4)5/h4H,5-6H2,1-3H3;2*3-4H,2H2,1H3;1-2H,(H,5,6,7);2*2H2,1H3,(H2,4,5). The van der Waals surface area contributed by atoms with Gasteiger partial charge >= 0.3 is 12.2 Å². The molecule has 0 aromatic heterocycles. The first-order chi connectivity index (χ1) is 21.8. The highest BCUT2D eigenvalue weighted by atomic mass is 16.5. The first-order valence-corrected chi connectivity index (χ1v) is 14.5. The minimum absolute atomic E-state index is 0.204. The summed E-state index contributed by atoms with van der Waals surface area (Å²) in [4.78, 5) is 95.2. The third kappa shape index (κ3) is 21.0. The Morgan fingerprint density at radius 3 is 1.17 bits per heavy atom. The molecule has 0 saturated heterocycles. The number of carbonyl (C=O) groups excluding carboxylic acids is 9. The summed E-state index contributed by atoms with van der Waals surface area (Å²) in [5.41, 5.74) is 10.5. The summed E-state index contributed by atoms with van der Waals surface area (Å²) < 4.78 is 8.36. The number of hydrogen-bond acceptors (Lipinski definition) is 11. The first kappa shape index (κ1) is 43.7. The second-order valence-corrected chi connectivity index (χ2v) is 10.2. The molecule has 16 heteroatoms. The van der Waals surface area contributed by atoms with Gasteiger partial charge in [-0.25, -0.2) is 9.59 Å². The van der Waals surface area contributed by atoms with Gasteiger partial charge in [-0.3, -0.25) is 48.7 Å². The van der Waals surface area contributed by atoms with Gasteiger partial charge in [-0.05, 0) is 52.5 Å². The summed E-state index contributed by atoms with van der Waals surface area (Å²) >= 11 is 0. The molecule has 0 saturated carbocycles. The molecular formula is C31H45N5O11. The second kappa shape index (κ2) is 23.0. The Hall–Kier alpha value is -5.41. The maximum atomic E-state index is 11.0. The van der Waals surface area contributed by atoms with Crippen LogP contribution in [0.15, 0.2) is 48.1 Å². The van der Waals surface area contributed by atoms with E-state index < -0.39 is 12.2 Å². The number of amides is 8. The fourth-order valence-electron chi connectivity index (χ4n) is 3.79. The van der Waals surface area contributed by atoms with Crippen molar-refractivity contribution >= 4 is 53.4 Å². The van der Waals surface area contributed by atoms with E-state index in [1.807, 2.05) is 12.2 Å². The normalized spacial score (nSPS) is 16.5. The van der Waals surface area contributed by atoms with Crippen LogP contribution >= 0.6 is 0 Å². The quantitative estimate of drug-likeness (QED) is 0.365. The molecule has 0 spiro atoms.